The highest BCUT2D eigenvalue weighted by Crippen LogP contribution is 2.40. The van der Waals surface area contributed by atoms with Crippen molar-refractivity contribution >= 4 is 22.6 Å². The minimum absolute atomic E-state index is 0.190. The van der Waals surface area contributed by atoms with Gasteiger partial charge in [0.2, 0.25) is 0 Å². The fourth-order valence-corrected chi connectivity index (χ4v) is 2.18. The van der Waals surface area contributed by atoms with Gasteiger partial charge in [-0.05, 0) is 6.07 Å². The third-order valence-corrected chi connectivity index (χ3v) is 4.20. The second-order valence-electron chi connectivity index (χ2n) is 3.75. The van der Waals surface area contributed by atoms with E-state index in [1.54, 1.807) is 0 Å². The average Bonchev–Trinajstić information content (AvgIpc) is 2.47. The van der Waals surface area contributed by atoms with Crippen molar-refractivity contribution in [3.05, 3.63) is 29.3 Å². The minimum atomic E-state index is -0.846. The molecule has 1 aromatic carbocycles. The Labute approximate surface area is 94.6 Å². The lowest BCUT2D eigenvalue weighted by Gasteiger charge is -2.18. The average molecular weight is 310 g/mol. The molecule has 1 nitrogen and oxygen atoms in total. The number of fused-ring (bicyclic) bond motifs is 1. The van der Waals surface area contributed by atoms with Crippen molar-refractivity contribution in [2.45, 2.75) is 12.3 Å². The smallest absolute Gasteiger partial charge is 0.162 e. The molecule has 1 atom stereocenters. The van der Waals surface area contributed by atoms with E-state index in [0.29, 0.717) is 12.4 Å². The highest BCUT2D eigenvalue weighted by atomic mass is 127. The van der Waals surface area contributed by atoms with E-state index in [9.17, 15) is 8.78 Å². The molecule has 0 aliphatic carbocycles. The highest BCUT2D eigenvalue weighted by Gasteiger charge is 2.36. The third-order valence-electron chi connectivity index (χ3n) is 2.51. The summed E-state index contributed by atoms with van der Waals surface area (Å²) in [5.41, 5.74) is 0.579. The van der Waals surface area contributed by atoms with Gasteiger partial charge in [-0.3, -0.25) is 0 Å². The van der Waals surface area contributed by atoms with Crippen molar-refractivity contribution in [3.8, 4) is 5.75 Å². The largest absolute Gasteiger partial charge is 0.492 e. The van der Waals surface area contributed by atoms with E-state index < -0.39 is 11.6 Å². The van der Waals surface area contributed by atoms with Crippen molar-refractivity contribution < 1.29 is 13.5 Å². The van der Waals surface area contributed by atoms with Crippen LogP contribution in [-0.4, -0.2) is 11.0 Å². The zero-order valence-electron chi connectivity index (χ0n) is 7.61. The standard InChI is InChI=1S/C10H9F2IO/c1-10(4-13)5-14-9-3-8(12)7(11)2-6(9)10/h2-3H,4-5H2,1H3. The Morgan fingerprint density at radius 3 is 2.71 bits per heavy atom. The lowest BCUT2D eigenvalue weighted by atomic mass is 9.87. The van der Waals surface area contributed by atoms with Crippen LogP contribution in [0.5, 0.6) is 5.75 Å². The Balaban J connectivity index is 2.56. The number of ether oxygens (including phenoxy) is 1. The van der Waals surface area contributed by atoms with Crippen molar-refractivity contribution in [1.82, 2.24) is 0 Å². The summed E-state index contributed by atoms with van der Waals surface area (Å²) in [6.45, 7) is 2.48. The van der Waals surface area contributed by atoms with E-state index >= 15 is 0 Å². The topological polar surface area (TPSA) is 9.23 Å². The number of alkyl halides is 1. The van der Waals surface area contributed by atoms with E-state index in [4.69, 9.17) is 4.74 Å². The van der Waals surface area contributed by atoms with Gasteiger partial charge in [0, 0.05) is 21.5 Å². The second-order valence-corrected chi connectivity index (χ2v) is 4.51. The quantitative estimate of drug-likeness (QED) is 0.572. The third kappa shape index (κ3) is 1.39. The van der Waals surface area contributed by atoms with Gasteiger partial charge in [0.1, 0.15) is 5.75 Å². The highest BCUT2D eigenvalue weighted by molar-refractivity contribution is 14.1. The van der Waals surface area contributed by atoms with Gasteiger partial charge in [-0.2, -0.15) is 0 Å². The molecule has 4 heteroatoms. The summed E-state index contributed by atoms with van der Waals surface area (Å²) >= 11 is 2.23. The van der Waals surface area contributed by atoms with E-state index in [0.717, 1.165) is 16.1 Å². The van der Waals surface area contributed by atoms with Crippen molar-refractivity contribution in [2.75, 3.05) is 11.0 Å². The molecule has 1 heterocycles. The van der Waals surface area contributed by atoms with E-state index in [-0.39, 0.29) is 5.41 Å². The molecule has 0 N–H and O–H groups in total. The Hall–Kier alpha value is -0.390. The molecule has 0 aromatic heterocycles. The molecule has 1 aromatic rings. The monoisotopic (exact) mass is 310 g/mol. The van der Waals surface area contributed by atoms with E-state index in [1.807, 2.05) is 6.92 Å². The van der Waals surface area contributed by atoms with Crippen LogP contribution < -0.4 is 4.74 Å². The summed E-state index contributed by atoms with van der Waals surface area (Å²) in [4.78, 5) is 0. The van der Waals surface area contributed by atoms with Crippen molar-refractivity contribution in [2.24, 2.45) is 0 Å². The fourth-order valence-electron chi connectivity index (χ4n) is 1.55. The summed E-state index contributed by atoms with van der Waals surface area (Å²) in [5, 5.41) is 0. The van der Waals surface area contributed by atoms with Crippen LogP contribution in [0.4, 0.5) is 8.78 Å². The summed E-state index contributed by atoms with van der Waals surface area (Å²) in [6.07, 6.45) is 0. The number of hydrogen-bond acceptors (Lipinski definition) is 1. The van der Waals surface area contributed by atoms with Crippen LogP contribution in [0.2, 0.25) is 0 Å². The summed E-state index contributed by atoms with van der Waals surface area (Å²) in [6, 6.07) is 2.37. The molecule has 0 spiro atoms. The Morgan fingerprint density at radius 1 is 1.43 bits per heavy atom. The van der Waals surface area contributed by atoms with Crippen LogP contribution in [0.1, 0.15) is 12.5 Å². The van der Waals surface area contributed by atoms with Gasteiger partial charge in [-0.15, -0.1) is 0 Å². The van der Waals surface area contributed by atoms with Crippen molar-refractivity contribution in [1.29, 1.82) is 0 Å². The zero-order chi connectivity index (χ0) is 10.3. The maximum atomic E-state index is 13.0. The minimum Gasteiger partial charge on any atom is -0.492 e. The molecule has 76 valence electrons. The molecule has 0 bridgehead atoms. The Bertz CT molecular complexity index is 381. The first-order valence-electron chi connectivity index (χ1n) is 4.25. The van der Waals surface area contributed by atoms with Crippen LogP contribution in [-0.2, 0) is 5.41 Å². The Morgan fingerprint density at radius 2 is 2.07 bits per heavy atom. The van der Waals surface area contributed by atoms with Crippen LogP contribution in [0.15, 0.2) is 12.1 Å². The molecular formula is C10H9F2IO. The fraction of sp³-hybridized carbons (Fsp3) is 0.400. The first kappa shape index (κ1) is 10.1. The van der Waals surface area contributed by atoms with Crippen LogP contribution in [0, 0.1) is 11.6 Å². The lowest BCUT2D eigenvalue weighted by Crippen LogP contribution is -2.25. The first-order valence-corrected chi connectivity index (χ1v) is 5.78. The van der Waals surface area contributed by atoms with Gasteiger partial charge in [-0.25, -0.2) is 8.78 Å². The predicted octanol–water partition coefficient (Wildman–Crippen LogP) is 3.05. The molecule has 1 unspecified atom stereocenters. The normalized spacial score (nSPS) is 24.6. The van der Waals surface area contributed by atoms with Crippen molar-refractivity contribution in [3.63, 3.8) is 0 Å². The van der Waals surface area contributed by atoms with Gasteiger partial charge in [-0.1, -0.05) is 29.5 Å². The van der Waals surface area contributed by atoms with Crippen LogP contribution in [0.3, 0.4) is 0 Å². The number of hydrogen-bond donors (Lipinski definition) is 0. The summed E-state index contributed by atoms with van der Waals surface area (Å²) < 4.78 is 32.0. The number of benzene rings is 1. The number of halogens is 3. The molecule has 2 rings (SSSR count). The summed E-state index contributed by atoms with van der Waals surface area (Å²) in [7, 11) is 0. The SMILES string of the molecule is CC1(CI)COc2cc(F)c(F)cc21. The molecule has 14 heavy (non-hydrogen) atoms. The molecule has 0 radical (unpaired) electrons. The van der Waals surface area contributed by atoms with E-state index in [2.05, 4.69) is 22.6 Å². The Kier molecular flexibility index (Phi) is 2.41. The zero-order valence-corrected chi connectivity index (χ0v) is 9.77. The van der Waals surface area contributed by atoms with Crippen LogP contribution in [0.25, 0.3) is 0 Å². The van der Waals surface area contributed by atoms with Gasteiger partial charge in [0.25, 0.3) is 0 Å². The van der Waals surface area contributed by atoms with E-state index in [1.165, 1.54) is 6.07 Å². The maximum absolute atomic E-state index is 13.0. The molecule has 0 saturated heterocycles. The second kappa shape index (κ2) is 3.32. The molecule has 0 saturated carbocycles. The lowest BCUT2D eigenvalue weighted by molar-refractivity contribution is 0.295. The van der Waals surface area contributed by atoms with Gasteiger partial charge >= 0.3 is 0 Å². The van der Waals surface area contributed by atoms with Crippen LogP contribution >= 0.6 is 22.6 Å². The van der Waals surface area contributed by atoms with Gasteiger partial charge < -0.3 is 4.74 Å². The molecule has 1 aliphatic rings. The summed E-state index contributed by atoms with van der Waals surface area (Å²) in [5.74, 6) is -1.17. The predicted molar refractivity (Wildman–Crippen MR) is 58.1 cm³/mol. The van der Waals surface area contributed by atoms with Gasteiger partial charge in [0.15, 0.2) is 11.6 Å². The molecular weight excluding hydrogens is 301 g/mol. The first-order chi connectivity index (χ1) is 6.57. The number of rotatable bonds is 1. The van der Waals surface area contributed by atoms with Gasteiger partial charge in [0.05, 0.1) is 6.61 Å². The molecule has 1 aliphatic heterocycles. The molecule has 0 amide bonds. The maximum Gasteiger partial charge on any atom is 0.162 e. The molecule has 0 fully saturated rings.